The van der Waals surface area contributed by atoms with Crippen LogP contribution in [0, 0.1) is 0 Å². The number of piperidine rings is 1. The van der Waals surface area contributed by atoms with E-state index in [-0.39, 0.29) is 24.8 Å². The maximum atomic E-state index is 12.9. The van der Waals surface area contributed by atoms with E-state index in [4.69, 9.17) is 4.74 Å². The van der Waals surface area contributed by atoms with Gasteiger partial charge < -0.3 is 9.64 Å². The lowest BCUT2D eigenvalue weighted by molar-refractivity contribution is -0.136. The predicted molar refractivity (Wildman–Crippen MR) is 106 cm³/mol. The van der Waals surface area contributed by atoms with Crippen LogP contribution in [0.25, 0.3) is 11.0 Å². The number of hydrogen-bond acceptors (Lipinski definition) is 6. The van der Waals surface area contributed by atoms with E-state index in [9.17, 15) is 14.4 Å². The molecule has 5 rings (SSSR count). The monoisotopic (exact) mass is 405 g/mol. The Morgan fingerprint density at radius 2 is 1.97 bits per heavy atom. The molecule has 1 N–H and O–H groups in total. The molecule has 1 saturated heterocycles. The van der Waals surface area contributed by atoms with Crippen molar-refractivity contribution in [2.24, 2.45) is 0 Å². The van der Waals surface area contributed by atoms with Crippen molar-refractivity contribution in [3.63, 3.8) is 0 Å². The van der Waals surface area contributed by atoms with Crippen LogP contribution in [0.1, 0.15) is 28.8 Å². The molecule has 2 aliphatic heterocycles. The Balaban J connectivity index is 1.30. The maximum Gasteiger partial charge on any atom is 0.255 e. The number of para-hydroxylation sites is 1. The molecule has 0 aliphatic carbocycles. The number of benzene rings is 2. The van der Waals surface area contributed by atoms with Gasteiger partial charge >= 0.3 is 0 Å². The van der Waals surface area contributed by atoms with E-state index in [2.05, 4.69) is 15.6 Å². The first-order valence-electron chi connectivity index (χ1n) is 9.79. The summed E-state index contributed by atoms with van der Waals surface area (Å²) in [6.07, 6.45) is 0.561. The Morgan fingerprint density at radius 3 is 2.83 bits per heavy atom. The molecule has 1 fully saturated rings. The van der Waals surface area contributed by atoms with Crippen LogP contribution in [0.15, 0.2) is 42.5 Å². The van der Waals surface area contributed by atoms with Gasteiger partial charge in [0.25, 0.3) is 5.91 Å². The molecule has 0 radical (unpaired) electrons. The first-order chi connectivity index (χ1) is 14.6. The summed E-state index contributed by atoms with van der Waals surface area (Å²) in [6, 6.07) is 12.4. The van der Waals surface area contributed by atoms with Crippen molar-refractivity contribution in [2.45, 2.75) is 32.0 Å². The molecule has 2 aromatic carbocycles. The van der Waals surface area contributed by atoms with Crippen LogP contribution in [0.4, 0.5) is 0 Å². The third-order valence-electron chi connectivity index (χ3n) is 5.52. The highest BCUT2D eigenvalue weighted by Crippen LogP contribution is 2.33. The fourth-order valence-electron chi connectivity index (χ4n) is 4.02. The molecule has 30 heavy (non-hydrogen) atoms. The average Bonchev–Trinajstić information content (AvgIpc) is 3.30. The van der Waals surface area contributed by atoms with Crippen molar-refractivity contribution < 1.29 is 19.1 Å². The summed E-state index contributed by atoms with van der Waals surface area (Å²) in [5.74, 6) is -0.328. The molecule has 3 amide bonds. The molecule has 3 heterocycles. The molecular formula is C21H19N5O4. The van der Waals surface area contributed by atoms with Gasteiger partial charge in [-0.3, -0.25) is 19.7 Å². The van der Waals surface area contributed by atoms with Crippen LogP contribution >= 0.6 is 0 Å². The van der Waals surface area contributed by atoms with Gasteiger partial charge in [-0.15, -0.1) is 5.10 Å². The number of nitrogens with zero attached hydrogens (tertiary/aromatic N) is 4. The van der Waals surface area contributed by atoms with Gasteiger partial charge in [-0.25, -0.2) is 4.68 Å². The van der Waals surface area contributed by atoms with Gasteiger partial charge in [0.1, 0.15) is 23.9 Å². The third kappa shape index (κ3) is 3.08. The van der Waals surface area contributed by atoms with Crippen LogP contribution in [-0.2, 0) is 22.7 Å². The van der Waals surface area contributed by atoms with E-state index < -0.39 is 11.9 Å². The Hall–Kier alpha value is -3.75. The number of carbonyl (C=O) groups is 3. The van der Waals surface area contributed by atoms with Crippen molar-refractivity contribution in [2.75, 3.05) is 6.61 Å². The van der Waals surface area contributed by atoms with Gasteiger partial charge in [-0.05, 0) is 30.7 Å². The van der Waals surface area contributed by atoms with Crippen molar-refractivity contribution in [1.29, 1.82) is 0 Å². The largest absolute Gasteiger partial charge is 0.491 e. The quantitative estimate of drug-likeness (QED) is 0.641. The molecule has 9 heteroatoms. The lowest BCUT2D eigenvalue weighted by Gasteiger charge is -2.29. The van der Waals surface area contributed by atoms with Crippen molar-refractivity contribution in [3.05, 3.63) is 53.6 Å². The molecular weight excluding hydrogens is 386 g/mol. The van der Waals surface area contributed by atoms with E-state index in [1.54, 1.807) is 16.8 Å². The Bertz CT molecular complexity index is 1170. The Kier molecular flexibility index (Phi) is 4.42. The molecule has 1 atom stereocenters. The number of rotatable bonds is 5. The summed E-state index contributed by atoms with van der Waals surface area (Å²) in [6.45, 7) is 1.15. The average molecular weight is 405 g/mol. The highest BCUT2D eigenvalue weighted by molar-refractivity contribution is 6.05. The highest BCUT2D eigenvalue weighted by atomic mass is 16.5. The third-order valence-corrected chi connectivity index (χ3v) is 5.52. The lowest BCUT2D eigenvalue weighted by Crippen LogP contribution is -2.52. The van der Waals surface area contributed by atoms with E-state index in [1.165, 1.54) is 4.90 Å². The first-order valence-corrected chi connectivity index (χ1v) is 9.79. The van der Waals surface area contributed by atoms with Crippen LogP contribution in [0.3, 0.4) is 0 Å². The van der Waals surface area contributed by atoms with Gasteiger partial charge in [0.2, 0.25) is 11.8 Å². The summed E-state index contributed by atoms with van der Waals surface area (Å²) < 4.78 is 7.75. The highest BCUT2D eigenvalue weighted by Gasteiger charge is 2.40. The zero-order valence-corrected chi connectivity index (χ0v) is 16.1. The summed E-state index contributed by atoms with van der Waals surface area (Å²) in [5.41, 5.74) is 3.04. The molecule has 152 valence electrons. The zero-order valence-electron chi connectivity index (χ0n) is 16.1. The maximum absolute atomic E-state index is 12.9. The SMILES string of the molecule is O=C1CCC(N2Cc3c(OCCn4nnc5ccccc54)cccc3C2=O)C(=O)N1. The molecule has 0 spiro atoms. The van der Waals surface area contributed by atoms with E-state index in [0.717, 1.165) is 16.6 Å². The smallest absolute Gasteiger partial charge is 0.255 e. The number of hydrogen-bond donors (Lipinski definition) is 1. The number of carbonyl (C=O) groups excluding carboxylic acids is 3. The lowest BCUT2D eigenvalue weighted by atomic mass is 10.0. The minimum absolute atomic E-state index is 0.216. The predicted octanol–water partition coefficient (Wildman–Crippen LogP) is 1.27. The Labute approximate surface area is 171 Å². The Morgan fingerprint density at radius 1 is 1.10 bits per heavy atom. The standard InChI is InChI=1S/C21H19N5O4/c27-19-9-8-17(20(28)22-19)25-12-14-13(21(25)29)4-3-7-18(14)30-11-10-26-16-6-2-1-5-15(16)23-24-26/h1-7,17H,8-12H2,(H,22,27,28). The van der Waals surface area contributed by atoms with Crippen molar-refractivity contribution in [1.82, 2.24) is 25.2 Å². The minimum Gasteiger partial charge on any atom is -0.491 e. The van der Waals surface area contributed by atoms with E-state index in [0.29, 0.717) is 30.9 Å². The van der Waals surface area contributed by atoms with Crippen molar-refractivity contribution in [3.8, 4) is 5.75 Å². The van der Waals surface area contributed by atoms with Gasteiger partial charge in [0.15, 0.2) is 0 Å². The normalized spacial score (nSPS) is 18.6. The molecule has 0 saturated carbocycles. The van der Waals surface area contributed by atoms with Crippen LogP contribution in [0.5, 0.6) is 5.75 Å². The molecule has 2 aliphatic rings. The number of ether oxygens (including phenoxy) is 1. The second-order valence-corrected chi connectivity index (χ2v) is 7.33. The zero-order chi connectivity index (χ0) is 20.7. The minimum atomic E-state index is -0.642. The van der Waals surface area contributed by atoms with Crippen LogP contribution in [0.2, 0.25) is 0 Å². The fraction of sp³-hybridized carbons (Fsp3) is 0.286. The van der Waals surface area contributed by atoms with Crippen LogP contribution < -0.4 is 10.1 Å². The van der Waals surface area contributed by atoms with Gasteiger partial charge in [-0.1, -0.05) is 23.4 Å². The molecule has 3 aromatic rings. The van der Waals surface area contributed by atoms with E-state index in [1.807, 2.05) is 30.3 Å². The van der Waals surface area contributed by atoms with Crippen LogP contribution in [-0.4, -0.2) is 50.3 Å². The molecule has 1 unspecified atom stereocenters. The fourth-order valence-corrected chi connectivity index (χ4v) is 4.02. The number of aromatic nitrogens is 3. The number of amides is 3. The van der Waals surface area contributed by atoms with E-state index >= 15 is 0 Å². The van der Waals surface area contributed by atoms with Crippen molar-refractivity contribution >= 4 is 28.8 Å². The van der Waals surface area contributed by atoms with Gasteiger partial charge in [0, 0.05) is 17.5 Å². The molecule has 9 nitrogen and oxygen atoms in total. The summed E-state index contributed by atoms with van der Waals surface area (Å²) >= 11 is 0. The number of nitrogens with one attached hydrogen (secondary N) is 1. The first kappa shape index (κ1) is 18.3. The van der Waals surface area contributed by atoms with Gasteiger partial charge in [0.05, 0.1) is 18.6 Å². The van der Waals surface area contributed by atoms with Gasteiger partial charge in [-0.2, -0.15) is 0 Å². The second-order valence-electron chi connectivity index (χ2n) is 7.33. The topological polar surface area (TPSA) is 106 Å². The summed E-state index contributed by atoms with van der Waals surface area (Å²) in [7, 11) is 0. The second kappa shape index (κ2) is 7.25. The summed E-state index contributed by atoms with van der Waals surface area (Å²) in [4.78, 5) is 38.0. The number of imide groups is 1. The summed E-state index contributed by atoms with van der Waals surface area (Å²) in [5, 5.41) is 10.6. The number of fused-ring (bicyclic) bond motifs is 2. The molecule has 1 aromatic heterocycles. The molecule has 0 bridgehead atoms.